The minimum Gasteiger partial charge on any atom is -0.421 e. The highest BCUT2D eigenvalue weighted by molar-refractivity contribution is 9.11. The van der Waals surface area contributed by atoms with Gasteiger partial charge in [0, 0.05) is 12.1 Å². The number of hydrogen-bond acceptors (Lipinski definition) is 6. The first-order chi connectivity index (χ1) is 13.2. The number of thiocarbonyl (C=S) groups is 1. The summed E-state index contributed by atoms with van der Waals surface area (Å²) in [6.45, 7) is 0. The molecule has 1 aliphatic rings. The summed E-state index contributed by atoms with van der Waals surface area (Å²) >= 11 is 11.5. The number of non-ortho nitro benzene ring substituents is 1. The first-order valence-corrected chi connectivity index (χ1v) is 9.54. The van der Waals surface area contributed by atoms with Gasteiger partial charge >= 0.3 is 5.97 Å². The number of esters is 1. The zero-order chi connectivity index (χ0) is 20.4. The second-order valence-electron chi connectivity index (χ2n) is 5.47. The number of nitro groups is 1. The molecule has 0 saturated carbocycles. The summed E-state index contributed by atoms with van der Waals surface area (Å²) in [5.74, 6) is -0.791. The predicted molar refractivity (Wildman–Crippen MR) is 112 cm³/mol. The van der Waals surface area contributed by atoms with Crippen molar-refractivity contribution < 1.29 is 19.2 Å². The topological polar surface area (TPSA) is 111 Å². The lowest BCUT2D eigenvalue weighted by molar-refractivity contribution is -0.384. The van der Waals surface area contributed by atoms with Gasteiger partial charge in [0.1, 0.15) is 5.70 Å². The van der Waals surface area contributed by atoms with Crippen LogP contribution in [-0.4, -0.2) is 21.9 Å². The molecule has 2 N–H and O–H groups in total. The number of rotatable bonds is 4. The zero-order valence-corrected chi connectivity index (χ0v) is 17.7. The van der Waals surface area contributed by atoms with Crippen molar-refractivity contribution >= 4 is 72.8 Å². The van der Waals surface area contributed by atoms with Crippen molar-refractivity contribution in [3.8, 4) is 5.75 Å². The Hall–Kier alpha value is -2.63. The number of amides is 1. The highest BCUT2D eigenvalue weighted by atomic mass is 79.9. The van der Waals surface area contributed by atoms with Crippen LogP contribution in [0.3, 0.4) is 0 Å². The van der Waals surface area contributed by atoms with Crippen molar-refractivity contribution in [2.75, 3.05) is 0 Å². The van der Waals surface area contributed by atoms with Gasteiger partial charge in [0.2, 0.25) is 0 Å². The van der Waals surface area contributed by atoms with E-state index in [-0.39, 0.29) is 28.0 Å². The largest absolute Gasteiger partial charge is 0.421 e. The molecule has 1 aliphatic heterocycles. The summed E-state index contributed by atoms with van der Waals surface area (Å²) in [4.78, 5) is 34.2. The molecule has 0 aromatic heterocycles. The third kappa shape index (κ3) is 4.43. The molecule has 1 saturated heterocycles. The Morgan fingerprint density at radius 3 is 2.25 bits per heavy atom. The summed E-state index contributed by atoms with van der Waals surface area (Å²) in [7, 11) is 0. The van der Waals surface area contributed by atoms with Crippen LogP contribution in [0.25, 0.3) is 6.08 Å². The number of carbonyl (C=O) groups excluding carboxylic acids is 2. The number of benzene rings is 2. The van der Waals surface area contributed by atoms with Gasteiger partial charge in [-0.3, -0.25) is 20.2 Å². The van der Waals surface area contributed by atoms with Gasteiger partial charge in [-0.15, -0.1) is 0 Å². The Bertz CT molecular complexity index is 1030. The molecule has 1 amide bonds. The van der Waals surface area contributed by atoms with Gasteiger partial charge < -0.3 is 10.1 Å². The second kappa shape index (κ2) is 8.17. The summed E-state index contributed by atoms with van der Waals surface area (Å²) in [5.41, 5.74) is 0.979. The van der Waals surface area contributed by atoms with Gasteiger partial charge in [-0.1, -0.05) is 0 Å². The Labute approximate surface area is 180 Å². The fraction of sp³-hybridized carbons (Fsp3) is 0. The van der Waals surface area contributed by atoms with Crippen LogP contribution in [0.5, 0.6) is 5.75 Å². The lowest BCUT2D eigenvalue weighted by atomic mass is 10.2. The van der Waals surface area contributed by atoms with Crippen LogP contribution in [-0.2, 0) is 4.79 Å². The van der Waals surface area contributed by atoms with Crippen molar-refractivity contribution in [2.24, 2.45) is 0 Å². The first-order valence-electron chi connectivity index (χ1n) is 7.54. The molecule has 2 aromatic rings. The molecular formula is C17H9Br2N3O5S. The highest BCUT2D eigenvalue weighted by Crippen LogP contribution is 2.36. The fourth-order valence-corrected chi connectivity index (χ4v) is 3.87. The van der Waals surface area contributed by atoms with Crippen LogP contribution in [0.2, 0.25) is 0 Å². The average molecular weight is 527 g/mol. The lowest BCUT2D eigenvalue weighted by Crippen LogP contribution is -2.21. The first kappa shape index (κ1) is 20.1. The number of hydrogen-bond donors (Lipinski definition) is 2. The SMILES string of the molecule is O=C1NC(=S)NC1=Cc1cc(Br)c(OC(=O)c2ccc([N+](=O)[O-])cc2)c(Br)c1. The van der Waals surface area contributed by atoms with E-state index in [4.69, 9.17) is 17.0 Å². The molecule has 3 rings (SSSR count). The Morgan fingerprint density at radius 2 is 1.75 bits per heavy atom. The highest BCUT2D eigenvalue weighted by Gasteiger charge is 2.21. The molecule has 11 heteroatoms. The van der Waals surface area contributed by atoms with E-state index in [1.165, 1.54) is 24.3 Å². The van der Waals surface area contributed by atoms with Gasteiger partial charge in [-0.2, -0.15) is 0 Å². The number of ether oxygens (including phenoxy) is 1. The molecule has 0 atom stereocenters. The smallest absolute Gasteiger partial charge is 0.343 e. The van der Waals surface area contributed by atoms with Gasteiger partial charge in [0.05, 0.1) is 19.4 Å². The Morgan fingerprint density at radius 1 is 1.14 bits per heavy atom. The van der Waals surface area contributed by atoms with Crippen molar-refractivity contribution in [1.82, 2.24) is 10.6 Å². The van der Waals surface area contributed by atoms with Crippen LogP contribution < -0.4 is 15.4 Å². The van der Waals surface area contributed by atoms with E-state index >= 15 is 0 Å². The quantitative estimate of drug-likeness (QED) is 0.156. The fourth-order valence-electron chi connectivity index (χ4n) is 2.28. The summed E-state index contributed by atoms with van der Waals surface area (Å²) in [6, 6.07) is 8.39. The maximum atomic E-state index is 12.3. The number of halogens is 2. The van der Waals surface area contributed by atoms with Crippen LogP contribution >= 0.6 is 44.1 Å². The van der Waals surface area contributed by atoms with Crippen LogP contribution in [0, 0.1) is 10.1 Å². The van der Waals surface area contributed by atoms with Crippen molar-refractivity contribution in [3.63, 3.8) is 0 Å². The van der Waals surface area contributed by atoms with E-state index < -0.39 is 10.9 Å². The molecule has 2 aromatic carbocycles. The van der Waals surface area contributed by atoms with Crippen molar-refractivity contribution in [2.45, 2.75) is 0 Å². The standard InChI is InChI=1S/C17H9Br2N3O5S/c18-11-5-8(7-13-15(23)21-17(28)20-13)6-12(19)14(11)27-16(24)9-1-3-10(4-2-9)22(25)26/h1-7H,(H2,20,21,23,28). The van der Waals surface area contributed by atoms with E-state index in [1.807, 2.05) is 0 Å². The molecular weight excluding hydrogens is 518 g/mol. The van der Waals surface area contributed by atoms with Crippen molar-refractivity contribution in [3.05, 3.63) is 72.3 Å². The molecule has 1 fully saturated rings. The monoisotopic (exact) mass is 525 g/mol. The summed E-state index contributed by atoms with van der Waals surface area (Å²) < 4.78 is 6.31. The lowest BCUT2D eigenvalue weighted by Gasteiger charge is -2.10. The molecule has 0 unspecified atom stereocenters. The van der Waals surface area contributed by atoms with Crippen LogP contribution in [0.1, 0.15) is 15.9 Å². The summed E-state index contributed by atoms with van der Waals surface area (Å²) in [6.07, 6.45) is 1.59. The molecule has 1 heterocycles. The average Bonchev–Trinajstić information content (AvgIpc) is 2.95. The van der Waals surface area contributed by atoms with E-state index in [0.29, 0.717) is 20.2 Å². The molecule has 0 bridgehead atoms. The van der Waals surface area contributed by atoms with E-state index in [1.54, 1.807) is 18.2 Å². The number of nitrogens with zero attached hydrogens (tertiary/aromatic N) is 1. The molecule has 142 valence electrons. The van der Waals surface area contributed by atoms with Crippen LogP contribution in [0.4, 0.5) is 5.69 Å². The van der Waals surface area contributed by atoms with Gasteiger partial charge in [-0.05, 0) is 80.0 Å². The second-order valence-corrected chi connectivity index (χ2v) is 7.59. The minimum atomic E-state index is -0.676. The van der Waals surface area contributed by atoms with E-state index in [9.17, 15) is 19.7 Å². The van der Waals surface area contributed by atoms with Crippen LogP contribution in [0.15, 0.2) is 51.0 Å². The zero-order valence-electron chi connectivity index (χ0n) is 13.7. The number of nitrogens with one attached hydrogen (secondary N) is 2. The Balaban J connectivity index is 1.82. The molecule has 0 radical (unpaired) electrons. The molecule has 0 spiro atoms. The summed E-state index contributed by atoms with van der Waals surface area (Å²) in [5, 5.41) is 16.1. The third-order valence-electron chi connectivity index (χ3n) is 3.56. The van der Waals surface area contributed by atoms with Gasteiger partial charge in [0.15, 0.2) is 10.9 Å². The minimum absolute atomic E-state index is 0.125. The maximum absolute atomic E-state index is 12.3. The molecule has 0 aliphatic carbocycles. The normalized spacial score (nSPS) is 14.6. The third-order valence-corrected chi connectivity index (χ3v) is 4.94. The maximum Gasteiger partial charge on any atom is 0.343 e. The number of carbonyl (C=O) groups is 2. The predicted octanol–water partition coefficient (Wildman–Crippen LogP) is 3.68. The molecule has 28 heavy (non-hydrogen) atoms. The van der Waals surface area contributed by atoms with Crippen molar-refractivity contribution in [1.29, 1.82) is 0 Å². The molecule has 8 nitrogen and oxygen atoms in total. The Kier molecular flexibility index (Phi) is 5.87. The van der Waals surface area contributed by atoms with E-state index in [0.717, 1.165) is 0 Å². The van der Waals surface area contributed by atoms with Gasteiger partial charge in [-0.25, -0.2) is 4.79 Å². The van der Waals surface area contributed by atoms with Gasteiger partial charge in [0.25, 0.3) is 11.6 Å². The number of nitro benzene ring substituents is 1. The van der Waals surface area contributed by atoms with E-state index in [2.05, 4.69) is 42.5 Å².